The van der Waals surface area contributed by atoms with E-state index in [0.29, 0.717) is 5.92 Å². The van der Waals surface area contributed by atoms with Crippen molar-refractivity contribution in [3.63, 3.8) is 0 Å². The molecule has 2 nitrogen and oxygen atoms in total. The van der Waals surface area contributed by atoms with Crippen LogP contribution in [0.4, 0.5) is 0 Å². The monoisotopic (exact) mass is 194 g/mol. The third kappa shape index (κ3) is 3.38. The highest BCUT2D eigenvalue weighted by atomic mass is 16.5. The molecule has 0 saturated heterocycles. The molecule has 0 radical (unpaired) electrons. The molecule has 0 heterocycles. The van der Waals surface area contributed by atoms with Gasteiger partial charge in [-0.1, -0.05) is 19.1 Å². The summed E-state index contributed by atoms with van der Waals surface area (Å²) in [6.45, 7) is 2.33. The largest absolute Gasteiger partial charge is 0.497 e. The molecule has 0 aromatic heterocycles. The van der Waals surface area contributed by atoms with Crippen LogP contribution in [0.2, 0.25) is 0 Å². The summed E-state index contributed by atoms with van der Waals surface area (Å²) in [5.74, 6) is 1.28. The van der Waals surface area contributed by atoms with Gasteiger partial charge in [0.1, 0.15) is 5.75 Å². The van der Waals surface area contributed by atoms with E-state index in [9.17, 15) is 0 Å². The van der Waals surface area contributed by atoms with Crippen LogP contribution in [0.3, 0.4) is 0 Å². The smallest absolute Gasteiger partial charge is 0.118 e. The molecular weight excluding hydrogens is 176 g/mol. The number of rotatable bonds is 5. The van der Waals surface area contributed by atoms with Crippen molar-refractivity contribution < 1.29 is 9.84 Å². The second-order valence-electron chi connectivity index (χ2n) is 3.67. The van der Waals surface area contributed by atoms with Crippen molar-refractivity contribution in [1.29, 1.82) is 0 Å². The van der Waals surface area contributed by atoms with Gasteiger partial charge < -0.3 is 9.84 Å². The van der Waals surface area contributed by atoms with Gasteiger partial charge >= 0.3 is 0 Å². The number of benzene rings is 1. The Hall–Kier alpha value is -1.02. The molecule has 0 bridgehead atoms. The summed E-state index contributed by atoms with van der Waals surface area (Å²) < 4.78 is 5.08. The zero-order chi connectivity index (χ0) is 10.4. The SMILES string of the molecule is COc1ccc(CCC(C)CO)cc1. The first-order valence-electron chi connectivity index (χ1n) is 5.00. The first-order valence-corrected chi connectivity index (χ1v) is 5.00. The fourth-order valence-electron chi connectivity index (χ4n) is 1.30. The molecule has 1 aromatic rings. The minimum absolute atomic E-state index is 0.274. The van der Waals surface area contributed by atoms with Crippen molar-refractivity contribution in [2.75, 3.05) is 13.7 Å². The van der Waals surface area contributed by atoms with Crippen LogP contribution in [0.25, 0.3) is 0 Å². The van der Waals surface area contributed by atoms with Gasteiger partial charge in [-0.2, -0.15) is 0 Å². The normalized spacial score (nSPS) is 12.5. The standard InChI is InChI=1S/C12H18O2/c1-10(9-13)3-4-11-5-7-12(14-2)8-6-11/h5-8,10,13H,3-4,9H2,1-2H3. The number of hydrogen-bond donors (Lipinski definition) is 1. The molecule has 14 heavy (non-hydrogen) atoms. The van der Waals surface area contributed by atoms with E-state index in [1.54, 1.807) is 7.11 Å². The Bertz CT molecular complexity index is 254. The highest BCUT2D eigenvalue weighted by Gasteiger charge is 2.00. The average Bonchev–Trinajstić information content (AvgIpc) is 2.26. The van der Waals surface area contributed by atoms with E-state index in [4.69, 9.17) is 9.84 Å². The van der Waals surface area contributed by atoms with Gasteiger partial charge in [0.2, 0.25) is 0 Å². The Balaban J connectivity index is 2.43. The molecule has 0 aliphatic rings. The quantitative estimate of drug-likeness (QED) is 0.779. The summed E-state index contributed by atoms with van der Waals surface area (Å²) in [6.07, 6.45) is 2.05. The van der Waals surface area contributed by atoms with Gasteiger partial charge in [0.15, 0.2) is 0 Å². The van der Waals surface area contributed by atoms with E-state index >= 15 is 0 Å². The van der Waals surface area contributed by atoms with E-state index in [1.165, 1.54) is 5.56 Å². The molecule has 1 unspecified atom stereocenters. The Labute approximate surface area is 85.5 Å². The highest BCUT2D eigenvalue weighted by molar-refractivity contribution is 5.27. The zero-order valence-electron chi connectivity index (χ0n) is 8.86. The lowest BCUT2D eigenvalue weighted by Gasteiger charge is -2.07. The number of methoxy groups -OCH3 is 1. The van der Waals surface area contributed by atoms with Crippen LogP contribution in [0.5, 0.6) is 5.75 Å². The minimum atomic E-state index is 0.274. The van der Waals surface area contributed by atoms with Gasteiger partial charge in [-0.3, -0.25) is 0 Å². The van der Waals surface area contributed by atoms with Crippen LogP contribution in [-0.4, -0.2) is 18.8 Å². The van der Waals surface area contributed by atoms with Crippen LogP contribution in [0, 0.1) is 5.92 Å². The molecule has 0 aliphatic carbocycles. The average molecular weight is 194 g/mol. The van der Waals surface area contributed by atoms with Crippen molar-refractivity contribution in [3.05, 3.63) is 29.8 Å². The maximum absolute atomic E-state index is 8.87. The second kappa shape index (κ2) is 5.66. The second-order valence-corrected chi connectivity index (χ2v) is 3.67. The molecule has 0 saturated carbocycles. The highest BCUT2D eigenvalue weighted by Crippen LogP contribution is 2.14. The van der Waals surface area contributed by atoms with Crippen LogP contribution in [0.15, 0.2) is 24.3 Å². The van der Waals surface area contributed by atoms with Crippen LogP contribution < -0.4 is 4.74 Å². The van der Waals surface area contributed by atoms with Crippen LogP contribution >= 0.6 is 0 Å². The summed E-state index contributed by atoms with van der Waals surface area (Å²) in [7, 11) is 1.67. The van der Waals surface area contributed by atoms with E-state index in [0.717, 1.165) is 18.6 Å². The summed E-state index contributed by atoms with van der Waals surface area (Å²) >= 11 is 0. The van der Waals surface area contributed by atoms with E-state index < -0.39 is 0 Å². The van der Waals surface area contributed by atoms with Crippen molar-refractivity contribution in [2.24, 2.45) is 5.92 Å². The predicted octanol–water partition coefficient (Wildman–Crippen LogP) is 2.26. The lowest BCUT2D eigenvalue weighted by Crippen LogP contribution is -2.02. The maximum Gasteiger partial charge on any atom is 0.118 e. The Morgan fingerprint density at radius 3 is 2.43 bits per heavy atom. The molecule has 1 aromatic carbocycles. The minimum Gasteiger partial charge on any atom is -0.497 e. The lowest BCUT2D eigenvalue weighted by molar-refractivity contribution is 0.230. The van der Waals surface area contributed by atoms with Gasteiger partial charge in [0.25, 0.3) is 0 Å². The number of aliphatic hydroxyl groups is 1. The topological polar surface area (TPSA) is 29.5 Å². The number of hydrogen-bond acceptors (Lipinski definition) is 2. The van der Waals surface area contributed by atoms with Gasteiger partial charge in [-0.15, -0.1) is 0 Å². The molecule has 78 valence electrons. The zero-order valence-corrected chi connectivity index (χ0v) is 8.86. The molecule has 0 fully saturated rings. The summed E-state index contributed by atoms with van der Waals surface area (Å²) in [5, 5.41) is 8.87. The fourth-order valence-corrected chi connectivity index (χ4v) is 1.30. The van der Waals surface area contributed by atoms with E-state index in [-0.39, 0.29) is 6.61 Å². The van der Waals surface area contributed by atoms with Gasteiger partial charge in [-0.05, 0) is 36.5 Å². The number of ether oxygens (including phenoxy) is 1. The van der Waals surface area contributed by atoms with E-state index in [1.807, 2.05) is 12.1 Å². The molecular formula is C12H18O2. The molecule has 2 heteroatoms. The summed E-state index contributed by atoms with van der Waals surface area (Å²) in [4.78, 5) is 0. The third-order valence-corrected chi connectivity index (χ3v) is 2.40. The van der Waals surface area contributed by atoms with Crippen molar-refractivity contribution in [3.8, 4) is 5.75 Å². The van der Waals surface area contributed by atoms with E-state index in [2.05, 4.69) is 19.1 Å². The van der Waals surface area contributed by atoms with Crippen LogP contribution in [-0.2, 0) is 6.42 Å². The molecule has 0 aliphatic heterocycles. The maximum atomic E-state index is 8.87. The number of aryl methyl sites for hydroxylation is 1. The molecule has 1 N–H and O–H groups in total. The van der Waals surface area contributed by atoms with Gasteiger partial charge in [0.05, 0.1) is 7.11 Å². The van der Waals surface area contributed by atoms with Crippen molar-refractivity contribution >= 4 is 0 Å². The first kappa shape index (κ1) is 11.1. The van der Waals surface area contributed by atoms with Crippen molar-refractivity contribution in [1.82, 2.24) is 0 Å². The Kier molecular flexibility index (Phi) is 4.47. The van der Waals surface area contributed by atoms with Gasteiger partial charge in [-0.25, -0.2) is 0 Å². The van der Waals surface area contributed by atoms with Crippen LogP contribution in [0.1, 0.15) is 18.9 Å². The van der Waals surface area contributed by atoms with Crippen molar-refractivity contribution in [2.45, 2.75) is 19.8 Å². The molecule has 1 rings (SSSR count). The molecule has 0 spiro atoms. The Morgan fingerprint density at radius 2 is 1.93 bits per heavy atom. The Morgan fingerprint density at radius 1 is 1.29 bits per heavy atom. The molecule has 0 amide bonds. The fraction of sp³-hybridized carbons (Fsp3) is 0.500. The third-order valence-electron chi connectivity index (χ3n) is 2.40. The predicted molar refractivity (Wildman–Crippen MR) is 57.6 cm³/mol. The number of aliphatic hydroxyl groups excluding tert-OH is 1. The molecule has 1 atom stereocenters. The first-order chi connectivity index (χ1) is 6.76. The summed E-state index contributed by atoms with van der Waals surface area (Å²) in [5.41, 5.74) is 1.30. The summed E-state index contributed by atoms with van der Waals surface area (Å²) in [6, 6.07) is 8.09. The lowest BCUT2D eigenvalue weighted by atomic mass is 10.0. The van der Waals surface area contributed by atoms with Gasteiger partial charge in [0, 0.05) is 6.61 Å².